The highest BCUT2D eigenvalue weighted by Crippen LogP contribution is 2.11. The van der Waals surface area contributed by atoms with Crippen molar-refractivity contribution in [2.45, 2.75) is 25.6 Å². The molecule has 0 saturated carbocycles. The van der Waals surface area contributed by atoms with Crippen molar-refractivity contribution in [3.8, 4) is 0 Å². The number of likely N-dealkylation sites (N-methyl/N-ethyl adjacent to an activating group) is 1. The summed E-state index contributed by atoms with van der Waals surface area (Å²) >= 11 is 0. The van der Waals surface area contributed by atoms with Gasteiger partial charge in [-0.2, -0.15) is 0 Å². The Labute approximate surface area is 142 Å². The third-order valence-corrected chi connectivity index (χ3v) is 3.59. The summed E-state index contributed by atoms with van der Waals surface area (Å²) in [5, 5.41) is 15.4. The molecule has 1 aromatic carbocycles. The van der Waals surface area contributed by atoms with Crippen molar-refractivity contribution in [1.82, 2.24) is 15.5 Å². The second-order valence-corrected chi connectivity index (χ2v) is 5.97. The first-order valence-electron chi connectivity index (χ1n) is 8.03. The summed E-state index contributed by atoms with van der Waals surface area (Å²) in [6.45, 7) is 3.60. The molecule has 2 atom stereocenters. The Balaban J connectivity index is 1.67. The lowest BCUT2D eigenvalue weighted by Crippen LogP contribution is -2.46. The number of rotatable bonds is 8. The molecular weight excluding hydrogens is 306 g/mol. The second-order valence-electron chi connectivity index (χ2n) is 5.97. The SMILES string of the molecule is CC(CN(C)Cc1ccccc1)NC(=O)NCC(O)c1ccco1. The summed E-state index contributed by atoms with van der Waals surface area (Å²) in [5.41, 5.74) is 1.23. The number of nitrogens with one attached hydrogen (secondary N) is 2. The van der Waals surface area contributed by atoms with Gasteiger partial charge in [-0.05, 0) is 31.7 Å². The number of aliphatic hydroxyl groups is 1. The molecule has 1 heterocycles. The quantitative estimate of drug-likeness (QED) is 0.692. The Morgan fingerprint density at radius 1 is 1.25 bits per heavy atom. The van der Waals surface area contributed by atoms with Gasteiger partial charge in [-0.3, -0.25) is 0 Å². The third-order valence-electron chi connectivity index (χ3n) is 3.59. The molecule has 0 saturated heterocycles. The van der Waals surface area contributed by atoms with E-state index in [-0.39, 0.29) is 18.6 Å². The number of urea groups is 1. The van der Waals surface area contributed by atoms with Crippen LogP contribution in [0.2, 0.25) is 0 Å². The normalized spacial score (nSPS) is 13.5. The van der Waals surface area contributed by atoms with Crippen LogP contribution in [0.5, 0.6) is 0 Å². The Hall–Kier alpha value is -2.31. The van der Waals surface area contributed by atoms with Crippen LogP contribution in [0.1, 0.15) is 24.4 Å². The van der Waals surface area contributed by atoms with Crippen molar-refractivity contribution in [2.75, 3.05) is 20.1 Å². The number of amides is 2. The van der Waals surface area contributed by atoms with Crippen LogP contribution >= 0.6 is 0 Å². The molecule has 1 aromatic heterocycles. The summed E-state index contributed by atoms with van der Waals surface area (Å²) in [7, 11) is 2.02. The number of nitrogens with zero attached hydrogens (tertiary/aromatic N) is 1. The molecule has 130 valence electrons. The standard InChI is InChI=1S/C18H25N3O3/c1-14(12-21(2)13-15-7-4-3-5-8-15)20-18(23)19-11-16(22)17-9-6-10-24-17/h3-10,14,16,22H,11-13H2,1-2H3,(H2,19,20,23). The number of carbonyl (C=O) groups is 1. The van der Waals surface area contributed by atoms with Gasteiger partial charge in [-0.15, -0.1) is 0 Å². The fraction of sp³-hybridized carbons (Fsp3) is 0.389. The van der Waals surface area contributed by atoms with Crippen LogP contribution in [0.4, 0.5) is 4.79 Å². The third kappa shape index (κ3) is 6.06. The molecule has 0 radical (unpaired) electrons. The Morgan fingerprint density at radius 2 is 2.00 bits per heavy atom. The number of furan rings is 1. The first-order valence-corrected chi connectivity index (χ1v) is 8.03. The van der Waals surface area contributed by atoms with Gasteiger partial charge >= 0.3 is 6.03 Å². The number of hydrogen-bond donors (Lipinski definition) is 3. The Kier molecular flexibility index (Phi) is 6.84. The van der Waals surface area contributed by atoms with Gasteiger partial charge in [-0.1, -0.05) is 30.3 Å². The summed E-state index contributed by atoms with van der Waals surface area (Å²) in [5.74, 6) is 0.436. The van der Waals surface area contributed by atoms with E-state index in [0.717, 1.165) is 13.1 Å². The molecule has 0 fully saturated rings. The molecule has 0 aliphatic heterocycles. The van der Waals surface area contributed by atoms with E-state index in [4.69, 9.17) is 4.42 Å². The van der Waals surface area contributed by atoms with Gasteiger partial charge in [0.2, 0.25) is 0 Å². The topological polar surface area (TPSA) is 77.7 Å². The lowest BCUT2D eigenvalue weighted by atomic mass is 10.2. The van der Waals surface area contributed by atoms with E-state index in [0.29, 0.717) is 5.76 Å². The van der Waals surface area contributed by atoms with Crippen molar-refractivity contribution in [2.24, 2.45) is 0 Å². The predicted molar refractivity (Wildman–Crippen MR) is 92.4 cm³/mol. The summed E-state index contributed by atoms with van der Waals surface area (Å²) in [4.78, 5) is 14.0. The molecule has 3 N–H and O–H groups in total. The minimum absolute atomic E-state index is 0.0144. The molecular formula is C18H25N3O3. The molecule has 2 unspecified atom stereocenters. The first-order chi connectivity index (χ1) is 11.5. The highest BCUT2D eigenvalue weighted by molar-refractivity contribution is 5.74. The fourth-order valence-electron chi connectivity index (χ4n) is 2.52. The van der Waals surface area contributed by atoms with Gasteiger partial charge in [0, 0.05) is 19.1 Å². The maximum Gasteiger partial charge on any atom is 0.315 e. The number of aliphatic hydroxyl groups excluding tert-OH is 1. The lowest BCUT2D eigenvalue weighted by Gasteiger charge is -2.22. The van der Waals surface area contributed by atoms with Crippen LogP contribution in [0.3, 0.4) is 0 Å². The van der Waals surface area contributed by atoms with Crippen LogP contribution < -0.4 is 10.6 Å². The van der Waals surface area contributed by atoms with Gasteiger partial charge < -0.3 is 25.1 Å². The molecule has 24 heavy (non-hydrogen) atoms. The van der Waals surface area contributed by atoms with Crippen LogP contribution in [0.15, 0.2) is 53.1 Å². The van der Waals surface area contributed by atoms with Crippen molar-refractivity contribution in [1.29, 1.82) is 0 Å². The minimum Gasteiger partial charge on any atom is -0.467 e. The molecule has 2 aromatic rings. The highest BCUT2D eigenvalue weighted by Gasteiger charge is 2.14. The van der Waals surface area contributed by atoms with Gasteiger partial charge in [0.15, 0.2) is 0 Å². The molecule has 0 bridgehead atoms. The lowest BCUT2D eigenvalue weighted by molar-refractivity contribution is 0.147. The maximum atomic E-state index is 11.9. The number of benzene rings is 1. The summed E-state index contributed by atoms with van der Waals surface area (Å²) < 4.78 is 5.09. The zero-order chi connectivity index (χ0) is 17.4. The second kappa shape index (κ2) is 9.10. The molecule has 0 aliphatic rings. The first kappa shape index (κ1) is 18.0. The zero-order valence-corrected chi connectivity index (χ0v) is 14.1. The average Bonchev–Trinajstić information content (AvgIpc) is 3.07. The number of carbonyl (C=O) groups excluding carboxylic acids is 1. The summed E-state index contributed by atoms with van der Waals surface area (Å²) in [6.07, 6.45) is 0.644. The van der Waals surface area contributed by atoms with Crippen LogP contribution in [-0.2, 0) is 6.54 Å². The molecule has 2 rings (SSSR count). The van der Waals surface area contributed by atoms with E-state index in [9.17, 15) is 9.90 Å². The van der Waals surface area contributed by atoms with Crippen molar-refractivity contribution in [3.05, 3.63) is 60.1 Å². The van der Waals surface area contributed by atoms with Crippen LogP contribution in [0, 0.1) is 0 Å². The van der Waals surface area contributed by atoms with Gasteiger partial charge in [0.25, 0.3) is 0 Å². The molecule has 0 spiro atoms. The van der Waals surface area contributed by atoms with Crippen molar-refractivity contribution in [3.63, 3.8) is 0 Å². The van der Waals surface area contributed by atoms with E-state index < -0.39 is 6.10 Å². The van der Waals surface area contributed by atoms with Crippen LogP contribution in [0.25, 0.3) is 0 Å². The van der Waals surface area contributed by atoms with Crippen molar-refractivity contribution >= 4 is 6.03 Å². The Morgan fingerprint density at radius 3 is 2.67 bits per heavy atom. The van der Waals surface area contributed by atoms with Gasteiger partial charge in [0.1, 0.15) is 11.9 Å². The summed E-state index contributed by atoms with van der Waals surface area (Å²) in [6, 6.07) is 13.2. The molecule has 0 aliphatic carbocycles. The van der Waals surface area contributed by atoms with Crippen molar-refractivity contribution < 1.29 is 14.3 Å². The van der Waals surface area contributed by atoms with E-state index >= 15 is 0 Å². The number of hydrogen-bond acceptors (Lipinski definition) is 4. The van der Waals surface area contributed by atoms with E-state index in [1.807, 2.05) is 32.2 Å². The maximum absolute atomic E-state index is 11.9. The monoisotopic (exact) mass is 331 g/mol. The fourth-order valence-corrected chi connectivity index (χ4v) is 2.52. The average molecular weight is 331 g/mol. The zero-order valence-electron chi connectivity index (χ0n) is 14.1. The smallest absolute Gasteiger partial charge is 0.315 e. The van der Waals surface area contributed by atoms with Crippen LogP contribution in [-0.4, -0.2) is 42.2 Å². The van der Waals surface area contributed by atoms with E-state index in [1.165, 1.54) is 11.8 Å². The van der Waals surface area contributed by atoms with Gasteiger partial charge in [-0.25, -0.2) is 4.79 Å². The minimum atomic E-state index is -0.846. The highest BCUT2D eigenvalue weighted by atomic mass is 16.4. The van der Waals surface area contributed by atoms with Gasteiger partial charge in [0.05, 0.1) is 12.8 Å². The van der Waals surface area contributed by atoms with E-state index in [1.54, 1.807) is 12.1 Å². The Bertz CT molecular complexity index is 601. The van der Waals surface area contributed by atoms with E-state index in [2.05, 4.69) is 27.7 Å². The molecule has 2 amide bonds. The molecule has 6 nitrogen and oxygen atoms in total. The predicted octanol–water partition coefficient (Wildman–Crippen LogP) is 2.13. The largest absolute Gasteiger partial charge is 0.467 e. The molecule has 6 heteroatoms.